The zero-order valence-corrected chi connectivity index (χ0v) is 7.10. The Kier molecular flexibility index (Phi) is 2.88. The van der Waals surface area contributed by atoms with Gasteiger partial charge in [0.1, 0.15) is 0 Å². The fourth-order valence-electron chi connectivity index (χ4n) is 1.32. The fourth-order valence-corrected chi connectivity index (χ4v) is 1.32. The smallest absolute Gasteiger partial charge is 0.407 e. The SMILES string of the molecule is CN1CCN(C(=O)O)C[C@H]1CO. The number of hydrogen-bond acceptors (Lipinski definition) is 3. The maximum Gasteiger partial charge on any atom is 0.407 e. The zero-order chi connectivity index (χ0) is 9.14. The van der Waals surface area contributed by atoms with Gasteiger partial charge in [-0.05, 0) is 7.05 Å². The Hall–Kier alpha value is -0.810. The molecule has 0 aromatic rings. The Morgan fingerprint density at radius 2 is 2.25 bits per heavy atom. The molecule has 0 aliphatic carbocycles. The zero-order valence-electron chi connectivity index (χ0n) is 7.10. The minimum Gasteiger partial charge on any atom is -0.465 e. The number of likely N-dealkylation sites (N-methyl/N-ethyl adjacent to an activating group) is 1. The van der Waals surface area contributed by atoms with Gasteiger partial charge in [0.25, 0.3) is 0 Å². The van der Waals surface area contributed by atoms with E-state index in [-0.39, 0.29) is 12.6 Å². The molecule has 1 saturated heterocycles. The predicted molar refractivity (Wildman–Crippen MR) is 43.1 cm³/mol. The van der Waals surface area contributed by atoms with Crippen LogP contribution in [0.25, 0.3) is 0 Å². The van der Waals surface area contributed by atoms with Gasteiger partial charge in [0.2, 0.25) is 0 Å². The summed E-state index contributed by atoms with van der Waals surface area (Å²) < 4.78 is 0. The molecule has 1 rings (SSSR count). The van der Waals surface area contributed by atoms with Crippen LogP contribution in [-0.2, 0) is 0 Å². The van der Waals surface area contributed by atoms with Gasteiger partial charge in [-0.1, -0.05) is 0 Å². The van der Waals surface area contributed by atoms with Gasteiger partial charge in [0, 0.05) is 19.6 Å². The maximum absolute atomic E-state index is 10.5. The molecule has 1 amide bonds. The van der Waals surface area contributed by atoms with Crippen LogP contribution in [0.1, 0.15) is 0 Å². The number of rotatable bonds is 1. The molecule has 70 valence electrons. The molecule has 1 aliphatic rings. The van der Waals surface area contributed by atoms with Crippen LogP contribution in [0, 0.1) is 0 Å². The average Bonchev–Trinajstić information content (AvgIpc) is 2.05. The second-order valence-electron chi connectivity index (χ2n) is 3.05. The number of aliphatic hydroxyl groups excluding tert-OH is 1. The highest BCUT2D eigenvalue weighted by molar-refractivity contribution is 5.65. The molecule has 0 radical (unpaired) electrons. The Morgan fingerprint density at radius 3 is 2.75 bits per heavy atom. The average molecular weight is 174 g/mol. The first-order chi connectivity index (χ1) is 5.65. The van der Waals surface area contributed by atoms with E-state index in [0.29, 0.717) is 19.6 Å². The summed E-state index contributed by atoms with van der Waals surface area (Å²) in [7, 11) is 1.89. The summed E-state index contributed by atoms with van der Waals surface area (Å²) >= 11 is 0. The lowest BCUT2D eigenvalue weighted by Crippen LogP contribution is -2.54. The first kappa shape index (κ1) is 9.28. The van der Waals surface area contributed by atoms with E-state index < -0.39 is 6.09 Å². The van der Waals surface area contributed by atoms with Gasteiger partial charge < -0.3 is 15.1 Å². The van der Waals surface area contributed by atoms with Crippen LogP contribution in [0.2, 0.25) is 0 Å². The van der Waals surface area contributed by atoms with Gasteiger partial charge in [-0.15, -0.1) is 0 Å². The minimum atomic E-state index is -0.901. The number of carboxylic acid groups (broad SMARTS) is 1. The molecule has 5 heteroatoms. The third-order valence-electron chi connectivity index (χ3n) is 2.26. The van der Waals surface area contributed by atoms with Gasteiger partial charge in [0.05, 0.1) is 12.6 Å². The highest BCUT2D eigenvalue weighted by Crippen LogP contribution is 2.06. The normalized spacial score (nSPS) is 25.8. The Morgan fingerprint density at radius 1 is 1.58 bits per heavy atom. The monoisotopic (exact) mass is 174 g/mol. The van der Waals surface area contributed by atoms with E-state index in [1.807, 2.05) is 11.9 Å². The molecule has 1 aliphatic heterocycles. The van der Waals surface area contributed by atoms with Crippen LogP contribution < -0.4 is 0 Å². The first-order valence-electron chi connectivity index (χ1n) is 3.94. The third kappa shape index (κ3) is 1.86. The molecule has 1 atom stereocenters. The maximum atomic E-state index is 10.5. The number of carbonyl (C=O) groups is 1. The van der Waals surface area contributed by atoms with Gasteiger partial charge >= 0.3 is 6.09 Å². The standard InChI is InChI=1S/C7H14N2O3/c1-8-2-3-9(7(11)12)4-6(8)5-10/h6,10H,2-5H2,1H3,(H,11,12)/t6-/m0/s1. The molecule has 12 heavy (non-hydrogen) atoms. The van der Waals surface area contributed by atoms with Crippen LogP contribution in [-0.4, -0.2) is 65.4 Å². The molecule has 2 N–H and O–H groups in total. The summed E-state index contributed by atoms with van der Waals surface area (Å²) in [4.78, 5) is 13.9. The Labute approximate surface area is 71.2 Å². The van der Waals surface area contributed by atoms with E-state index >= 15 is 0 Å². The topological polar surface area (TPSA) is 64.0 Å². The molecular formula is C7H14N2O3. The van der Waals surface area contributed by atoms with Gasteiger partial charge in [-0.3, -0.25) is 4.90 Å². The summed E-state index contributed by atoms with van der Waals surface area (Å²) in [5.74, 6) is 0. The second kappa shape index (κ2) is 3.73. The lowest BCUT2D eigenvalue weighted by molar-refractivity contribution is 0.0562. The molecule has 0 spiro atoms. The quantitative estimate of drug-likeness (QED) is 0.550. The van der Waals surface area contributed by atoms with E-state index in [9.17, 15) is 4.79 Å². The molecule has 1 fully saturated rings. The number of piperazine rings is 1. The van der Waals surface area contributed by atoms with Crippen molar-refractivity contribution in [1.82, 2.24) is 9.80 Å². The highest BCUT2D eigenvalue weighted by atomic mass is 16.4. The van der Waals surface area contributed by atoms with Crippen LogP contribution in [0.15, 0.2) is 0 Å². The predicted octanol–water partition coefficient (Wildman–Crippen LogP) is -0.727. The van der Waals surface area contributed by atoms with Crippen molar-refractivity contribution < 1.29 is 15.0 Å². The molecular weight excluding hydrogens is 160 g/mol. The van der Waals surface area contributed by atoms with Gasteiger partial charge in [0.15, 0.2) is 0 Å². The van der Waals surface area contributed by atoms with Crippen molar-refractivity contribution in [3.8, 4) is 0 Å². The van der Waals surface area contributed by atoms with E-state index in [1.54, 1.807) is 0 Å². The van der Waals surface area contributed by atoms with Crippen LogP contribution in [0.3, 0.4) is 0 Å². The molecule has 0 unspecified atom stereocenters. The molecule has 0 aromatic carbocycles. The van der Waals surface area contributed by atoms with Crippen molar-refractivity contribution in [2.45, 2.75) is 6.04 Å². The van der Waals surface area contributed by atoms with Crippen molar-refractivity contribution in [3.05, 3.63) is 0 Å². The molecule has 5 nitrogen and oxygen atoms in total. The first-order valence-corrected chi connectivity index (χ1v) is 3.94. The number of aliphatic hydroxyl groups is 1. The molecule has 0 saturated carbocycles. The summed E-state index contributed by atoms with van der Waals surface area (Å²) in [5.41, 5.74) is 0. The Balaban J connectivity index is 2.49. The highest BCUT2D eigenvalue weighted by Gasteiger charge is 2.25. The summed E-state index contributed by atoms with van der Waals surface area (Å²) in [6.45, 7) is 1.64. The van der Waals surface area contributed by atoms with E-state index in [1.165, 1.54) is 4.90 Å². The van der Waals surface area contributed by atoms with Crippen LogP contribution in [0.4, 0.5) is 4.79 Å². The largest absolute Gasteiger partial charge is 0.465 e. The summed E-state index contributed by atoms with van der Waals surface area (Å²) in [5, 5.41) is 17.6. The third-order valence-corrected chi connectivity index (χ3v) is 2.26. The van der Waals surface area contributed by atoms with Crippen molar-refractivity contribution in [2.75, 3.05) is 33.3 Å². The number of amides is 1. The molecule has 0 bridgehead atoms. The summed E-state index contributed by atoms with van der Waals surface area (Å²) in [6, 6.07) is -0.0464. The van der Waals surface area contributed by atoms with Crippen LogP contribution >= 0.6 is 0 Å². The molecule has 0 aromatic heterocycles. The van der Waals surface area contributed by atoms with Gasteiger partial charge in [-0.2, -0.15) is 0 Å². The Bertz CT molecular complexity index is 174. The van der Waals surface area contributed by atoms with Crippen molar-refractivity contribution >= 4 is 6.09 Å². The van der Waals surface area contributed by atoms with Crippen molar-refractivity contribution in [1.29, 1.82) is 0 Å². The van der Waals surface area contributed by atoms with E-state index in [4.69, 9.17) is 10.2 Å². The fraction of sp³-hybridized carbons (Fsp3) is 0.857. The van der Waals surface area contributed by atoms with Crippen molar-refractivity contribution in [3.63, 3.8) is 0 Å². The minimum absolute atomic E-state index is 0.0142. The van der Waals surface area contributed by atoms with E-state index in [0.717, 1.165) is 0 Å². The number of hydrogen-bond donors (Lipinski definition) is 2. The van der Waals surface area contributed by atoms with Crippen LogP contribution in [0.5, 0.6) is 0 Å². The van der Waals surface area contributed by atoms with Gasteiger partial charge in [-0.25, -0.2) is 4.79 Å². The number of nitrogens with zero attached hydrogens (tertiary/aromatic N) is 2. The lowest BCUT2D eigenvalue weighted by Gasteiger charge is -2.36. The summed E-state index contributed by atoms with van der Waals surface area (Å²) in [6.07, 6.45) is -0.901. The van der Waals surface area contributed by atoms with Crippen molar-refractivity contribution in [2.24, 2.45) is 0 Å². The lowest BCUT2D eigenvalue weighted by atomic mass is 10.2. The van der Waals surface area contributed by atoms with E-state index in [2.05, 4.69) is 0 Å². The molecule has 1 heterocycles. The second-order valence-corrected chi connectivity index (χ2v) is 3.05.